The second kappa shape index (κ2) is 6.33. The van der Waals surface area contributed by atoms with Gasteiger partial charge in [-0.05, 0) is 24.3 Å². The Hall–Kier alpha value is -3.09. The number of imide groups is 1. The van der Waals surface area contributed by atoms with E-state index in [0.29, 0.717) is 5.56 Å². The molecule has 2 amide bonds. The van der Waals surface area contributed by atoms with Crippen molar-refractivity contribution in [3.63, 3.8) is 0 Å². The van der Waals surface area contributed by atoms with Gasteiger partial charge in [0.25, 0.3) is 11.8 Å². The maximum Gasteiger partial charge on any atom is 0.416 e. The lowest BCUT2D eigenvalue weighted by Crippen LogP contribution is -2.42. The Morgan fingerprint density at radius 3 is 2.19 bits per heavy atom. The number of rotatable bonds is 2. The highest BCUT2D eigenvalue weighted by atomic mass is 19.4. The summed E-state index contributed by atoms with van der Waals surface area (Å²) in [6.07, 6.45) is -3.02. The summed E-state index contributed by atoms with van der Waals surface area (Å²) in [4.78, 5) is 28.2. The molecule has 7 heteroatoms. The summed E-state index contributed by atoms with van der Waals surface area (Å²) in [5.41, 5.74) is -0.0822. The van der Waals surface area contributed by atoms with Crippen LogP contribution < -0.4 is 4.90 Å². The molecular formula is C19H15F3N2O2. The molecule has 0 aliphatic carbocycles. The summed E-state index contributed by atoms with van der Waals surface area (Å²) < 4.78 is 39.0. The van der Waals surface area contributed by atoms with Gasteiger partial charge >= 0.3 is 6.18 Å². The predicted molar refractivity (Wildman–Crippen MR) is 91.4 cm³/mol. The summed E-state index contributed by atoms with van der Waals surface area (Å²) in [5, 5.41) is 0. The van der Waals surface area contributed by atoms with E-state index in [9.17, 15) is 22.8 Å². The van der Waals surface area contributed by atoms with Crippen LogP contribution in [0.15, 0.2) is 54.7 Å². The maximum absolute atomic E-state index is 13.0. The van der Waals surface area contributed by atoms with Gasteiger partial charge in [-0.25, -0.2) is 4.90 Å². The Kier molecular flexibility index (Phi) is 4.31. The SMILES string of the molecule is CN(C)C=C1C(=O)N(c2cccc(C(F)(F)F)c2)C(=O)c2ccccc21. The number of fused-ring (bicyclic) bond motifs is 1. The van der Waals surface area contributed by atoms with E-state index >= 15 is 0 Å². The number of hydrogen-bond donors (Lipinski definition) is 0. The van der Waals surface area contributed by atoms with Crippen molar-refractivity contribution in [2.45, 2.75) is 6.18 Å². The van der Waals surface area contributed by atoms with E-state index < -0.39 is 23.6 Å². The van der Waals surface area contributed by atoms with Gasteiger partial charge in [0.15, 0.2) is 0 Å². The average Bonchev–Trinajstić information content (AvgIpc) is 2.58. The first-order chi connectivity index (χ1) is 12.2. The molecule has 0 saturated carbocycles. The third-order valence-electron chi connectivity index (χ3n) is 3.90. The smallest absolute Gasteiger partial charge is 0.383 e. The van der Waals surface area contributed by atoms with Gasteiger partial charge in [-0.3, -0.25) is 9.59 Å². The van der Waals surface area contributed by atoms with Crippen LogP contribution in [0.4, 0.5) is 18.9 Å². The molecule has 0 N–H and O–H groups in total. The topological polar surface area (TPSA) is 40.6 Å². The highest BCUT2D eigenvalue weighted by Gasteiger charge is 2.37. The van der Waals surface area contributed by atoms with E-state index in [-0.39, 0.29) is 16.8 Å². The molecule has 26 heavy (non-hydrogen) atoms. The number of benzene rings is 2. The summed E-state index contributed by atoms with van der Waals surface area (Å²) >= 11 is 0. The van der Waals surface area contributed by atoms with Crippen LogP contribution in [0.5, 0.6) is 0 Å². The number of halogens is 3. The molecule has 0 fully saturated rings. The summed E-state index contributed by atoms with van der Waals surface area (Å²) in [6, 6.07) is 10.7. The number of nitrogens with zero attached hydrogens (tertiary/aromatic N) is 2. The van der Waals surface area contributed by atoms with E-state index in [4.69, 9.17) is 0 Å². The summed E-state index contributed by atoms with van der Waals surface area (Å²) in [7, 11) is 3.43. The molecule has 0 bridgehead atoms. The van der Waals surface area contributed by atoms with Crippen molar-refractivity contribution >= 4 is 23.1 Å². The molecule has 1 aliphatic heterocycles. The number of amides is 2. The first kappa shape index (κ1) is 17.7. The predicted octanol–water partition coefficient (Wildman–Crippen LogP) is 3.79. The van der Waals surface area contributed by atoms with Gasteiger partial charge in [-0.1, -0.05) is 24.3 Å². The molecule has 0 atom stereocenters. The molecule has 0 saturated heterocycles. The van der Waals surface area contributed by atoms with E-state index in [1.807, 2.05) is 0 Å². The maximum atomic E-state index is 13.0. The van der Waals surface area contributed by atoms with Crippen LogP contribution in [0.25, 0.3) is 5.57 Å². The van der Waals surface area contributed by atoms with E-state index in [1.54, 1.807) is 49.5 Å². The minimum absolute atomic E-state index is 0.117. The number of carbonyl (C=O) groups excluding carboxylic acids is 2. The lowest BCUT2D eigenvalue weighted by atomic mass is 9.93. The van der Waals surface area contributed by atoms with Gasteiger partial charge < -0.3 is 4.90 Å². The molecule has 0 radical (unpaired) electrons. The van der Waals surface area contributed by atoms with E-state index in [2.05, 4.69) is 0 Å². The van der Waals surface area contributed by atoms with Crippen LogP contribution in [-0.2, 0) is 11.0 Å². The van der Waals surface area contributed by atoms with Crippen molar-refractivity contribution < 1.29 is 22.8 Å². The van der Waals surface area contributed by atoms with E-state index in [0.717, 1.165) is 17.0 Å². The van der Waals surface area contributed by atoms with Gasteiger partial charge in [0.1, 0.15) is 0 Å². The second-order valence-corrected chi connectivity index (χ2v) is 6.05. The quantitative estimate of drug-likeness (QED) is 0.604. The monoisotopic (exact) mass is 360 g/mol. The van der Waals surface area contributed by atoms with Crippen LogP contribution >= 0.6 is 0 Å². The molecule has 0 aromatic heterocycles. The molecule has 4 nitrogen and oxygen atoms in total. The zero-order chi connectivity index (χ0) is 19.1. The Balaban J connectivity index is 2.18. The average molecular weight is 360 g/mol. The summed E-state index contributed by atoms with van der Waals surface area (Å²) in [5.74, 6) is -1.32. The molecule has 2 aromatic carbocycles. The highest BCUT2D eigenvalue weighted by molar-refractivity contribution is 6.41. The van der Waals surface area contributed by atoms with Crippen molar-refractivity contribution in [2.24, 2.45) is 0 Å². The highest BCUT2D eigenvalue weighted by Crippen LogP contribution is 2.35. The molecule has 1 heterocycles. The minimum atomic E-state index is -4.57. The molecule has 3 rings (SSSR count). The Morgan fingerprint density at radius 1 is 0.923 bits per heavy atom. The number of anilines is 1. The van der Waals surface area contributed by atoms with Crippen LogP contribution in [0.2, 0.25) is 0 Å². The molecule has 134 valence electrons. The van der Waals surface area contributed by atoms with E-state index in [1.165, 1.54) is 12.1 Å². The molecule has 0 unspecified atom stereocenters. The number of hydrogen-bond acceptors (Lipinski definition) is 3. The Morgan fingerprint density at radius 2 is 1.58 bits per heavy atom. The van der Waals surface area contributed by atoms with Crippen molar-refractivity contribution in [2.75, 3.05) is 19.0 Å². The Labute approximate surface area is 148 Å². The first-order valence-corrected chi connectivity index (χ1v) is 7.74. The van der Waals surface area contributed by atoms with Crippen molar-refractivity contribution in [1.82, 2.24) is 4.90 Å². The lowest BCUT2D eigenvalue weighted by molar-refractivity contribution is -0.137. The fourth-order valence-electron chi connectivity index (χ4n) is 2.79. The normalized spacial score (nSPS) is 16.0. The zero-order valence-electron chi connectivity index (χ0n) is 14.0. The summed E-state index contributed by atoms with van der Waals surface area (Å²) in [6.45, 7) is 0. The van der Waals surface area contributed by atoms with Crippen LogP contribution in [0.1, 0.15) is 21.5 Å². The zero-order valence-corrected chi connectivity index (χ0v) is 14.0. The van der Waals surface area contributed by atoms with Crippen LogP contribution in [0.3, 0.4) is 0 Å². The van der Waals surface area contributed by atoms with Crippen molar-refractivity contribution in [1.29, 1.82) is 0 Å². The number of carbonyl (C=O) groups is 2. The van der Waals surface area contributed by atoms with Crippen LogP contribution in [-0.4, -0.2) is 30.8 Å². The van der Waals surface area contributed by atoms with Gasteiger partial charge in [-0.2, -0.15) is 13.2 Å². The second-order valence-electron chi connectivity index (χ2n) is 6.05. The van der Waals surface area contributed by atoms with Crippen molar-refractivity contribution in [3.8, 4) is 0 Å². The molecule has 1 aliphatic rings. The lowest BCUT2D eigenvalue weighted by Gasteiger charge is -2.29. The third-order valence-corrected chi connectivity index (χ3v) is 3.90. The fourth-order valence-corrected chi connectivity index (χ4v) is 2.79. The fraction of sp³-hybridized carbons (Fsp3) is 0.158. The third kappa shape index (κ3) is 3.08. The van der Waals surface area contributed by atoms with Gasteiger partial charge in [0.2, 0.25) is 0 Å². The van der Waals surface area contributed by atoms with Gasteiger partial charge in [-0.15, -0.1) is 0 Å². The largest absolute Gasteiger partial charge is 0.416 e. The standard InChI is InChI=1S/C19H15F3N2O2/c1-23(2)11-16-14-8-3-4-9-15(14)17(25)24(18(16)26)13-7-5-6-12(10-13)19(20,21)22/h3-11H,1-2H3. The Bertz CT molecular complexity index is 917. The van der Waals surface area contributed by atoms with Crippen molar-refractivity contribution in [3.05, 3.63) is 71.4 Å². The minimum Gasteiger partial charge on any atom is -0.383 e. The number of alkyl halides is 3. The molecular weight excluding hydrogens is 345 g/mol. The van der Waals surface area contributed by atoms with Gasteiger partial charge in [0, 0.05) is 31.4 Å². The van der Waals surface area contributed by atoms with Crippen LogP contribution in [0, 0.1) is 0 Å². The van der Waals surface area contributed by atoms with Gasteiger partial charge in [0.05, 0.1) is 16.8 Å². The molecule has 0 spiro atoms. The first-order valence-electron chi connectivity index (χ1n) is 7.74. The molecule has 2 aromatic rings.